The molecule has 0 saturated carbocycles. The highest BCUT2D eigenvalue weighted by atomic mass is 16.3. The van der Waals surface area contributed by atoms with Crippen LogP contribution in [0, 0.1) is 0 Å². The Labute approximate surface area is 532 Å². The normalized spacial score (nSPS) is 13.2. The number of nitrogens with zero attached hydrogens (tertiary/aromatic N) is 6. The van der Waals surface area contributed by atoms with Crippen LogP contribution < -0.4 is 0 Å². The molecule has 18 rings (SSSR count). The largest absolute Gasteiger partial charge is 0.456 e. The van der Waals surface area contributed by atoms with Crippen LogP contribution in [0.15, 0.2) is 288 Å². The Kier molecular flexibility index (Phi) is 12.7. The zero-order valence-corrected chi connectivity index (χ0v) is 51.1. The lowest BCUT2D eigenvalue weighted by Gasteiger charge is -2.21. The summed E-state index contributed by atoms with van der Waals surface area (Å²) < 4.78 is 13.2. The second-order valence-corrected chi connectivity index (χ2v) is 24.9. The number of fused-ring (bicyclic) bond motifs is 14. The predicted molar refractivity (Wildman–Crippen MR) is 373 cm³/mol. The molecule has 0 radical (unpaired) electrons. The van der Waals surface area contributed by atoms with Crippen LogP contribution in [0.3, 0.4) is 0 Å². The zero-order chi connectivity index (χ0) is 61.7. The Bertz CT molecular complexity index is 5450. The summed E-state index contributed by atoms with van der Waals surface area (Å²) in [6.45, 7) is 9.20. The van der Waals surface area contributed by atoms with Crippen molar-refractivity contribution in [2.45, 2.75) is 38.5 Å². The molecule has 0 bridgehead atoms. The molecule has 0 atom stereocenters. The van der Waals surface area contributed by atoms with Gasteiger partial charge in [-0.05, 0) is 98.1 Å². The molecule has 4 aromatic heterocycles. The van der Waals surface area contributed by atoms with Gasteiger partial charge in [0.1, 0.15) is 22.3 Å². The van der Waals surface area contributed by atoms with Gasteiger partial charge in [-0.15, -0.1) is 0 Å². The van der Waals surface area contributed by atoms with E-state index in [4.69, 9.17) is 38.7 Å². The van der Waals surface area contributed by atoms with E-state index in [1.165, 1.54) is 44.5 Å². The van der Waals surface area contributed by atoms with Gasteiger partial charge >= 0.3 is 0 Å². The standard InChI is InChI=1S/2C42H29N3O/c1-42(2)35-19-10-9-18-31(35)32-21-22-33-34-25-29(20-23-36(34)46-38(33)37(32)42)28-16-11-17-30(24-28)41-44-39(26-12-5-3-6-13-26)43-40(45-41)27-14-7-4-8-15-27;1-42(2)35-16-10-9-15-31(35)32-22-23-33-34-25-30(21-24-36(34)46-38(33)37(32)42)26-17-19-29(20-18-26)41-44-39(27-11-5-3-6-12-27)43-40(45-41)28-13-7-4-8-14-28/h2*3-25H,1-2H3. The molecule has 0 amide bonds. The molecular formula is C84H58N6O2. The van der Waals surface area contributed by atoms with Crippen molar-refractivity contribution in [2.75, 3.05) is 0 Å². The maximum Gasteiger partial charge on any atom is 0.164 e. The van der Waals surface area contributed by atoms with Crippen LogP contribution in [0.25, 0.3) is 157 Å². The fraction of sp³-hybridized carbons (Fsp3) is 0.0714. The molecule has 436 valence electrons. The summed E-state index contributed by atoms with van der Waals surface area (Å²) in [7, 11) is 0. The van der Waals surface area contributed by atoms with Crippen molar-refractivity contribution < 1.29 is 8.83 Å². The molecule has 0 aliphatic heterocycles. The van der Waals surface area contributed by atoms with Crippen molar-refractivity contribution in [3.8, 4) is 113 Å². The van der Waals surface area contributed by atoms with Gasteiger partial charge in [-0.2, -0.15) is 0 Å². The highest BCUT2D eigenvalue weighted by molar-refractivity contribution is 6.11. The van der Waals surface area contributed by atoms with Crippen LogP contribution in [-0.4, -0.2) is 29.9 Å². The van der Waals surface area contributed by atoms with E-state index in [0.29, 0.717) is 34.9 Å². The van der Waals surface area contributed by atoms with E-state index in [-0.39, 0.29) is 10.8 Å². The molecular weight excluding hydrogens is 1120 g/mol. The van der Waals surface area contributed by atoms with Gasteiger partial charge in [0.2, 0.25) is 0 Å². The Morgan fingerprint density at radius 3 is 0.946 bits per heavy atom. The fourth-order valence-corrected chi connectivity index (χ4v) is 14.0. The average Bonchev–Trinajstić information content (AvgIpc) is 1.56. The minimum Gasteiger partial charge on any atom is -0.456 e. The monoisotopic (exact) mass is 1180 g/mol. The van der Waals surface area contributed by atoms with Gasteiger partial charge in [-0.25, -0.2) is 29.9 Å². The second kappa shape index (κ2) is 21.5. The lowest BCUT2D eigenvalue weighted by atomic mass is 9.82. The first kappa shape index (κ1) is 54.4. The lowest BCUT2D eigenvalue weighted by molar-refractivity contribution is 0.619. The Morgan fingerprint density at radius 1 is 0.228 bits per heavy atom. The van der Waals surface area contributed by atoms with Gasteiger partial charge in [-0.3, -0.25) is 0 Å². The van der Waals surface area contributed by atoms with Gasteiger partial charge in [0.05, 0.1) is 0 Å². The van der Waals surface area contributed by atoms with Crippen molar-refractivity contribution in [1.82, 2.24) is 29.9 Å². The molecule has 16 aromatic rings. The smallest absolute Gasteiger partial charge is 0.164 e. The van der Waals surface area contributed by atoms with E-state index in [9.17, 15) is 0 Å². The second-order valence-electron chi connectivity index (χ2n) is 24.9. The third kappa shape index (κ3) is 9.13. The number of hydrogen-bond donors (Lipinski definition) is 0. The van der Waals surface area contributed by atoms with E-state index in [2.05, 4.69) is 185 Å². The zero-order valence-electron chi connectivity index (χ0n) is 51.1. The Morgan fingerprint density at radius 2 is 0.533 bits per heavy atom. The molecule has 12 aromatic carbocycles. The van der Waals surface area contributed by atoms with Crippen LogP contribution in [0.2, 0.25) is 0 Å². The SMILES string of the molecule is CC1(C)c2ccccc2-c2ccc3c(oc4ccc(-c5ccc(-c6nc(-c7ccccc7)nc(-c7ccccc7)n6)cc5)cc43)c21.CC1(C)c2ccccc2-c2ccc3c(oc4ccc(-c5cccc(-c6nc(-c7ccccc7)nc(-c7ccccc7)n6)c5)cc43)c21. The Hall–Kier alpha value is -11.7. The maximum atomic E-state index is 6.63. The summed E-state index contributed by atoms with van der Waals surface area (Å²) in [4.78, 5) is 29.3. The van der Waals surface area contributed by atoms with E-state index in [1.807, 2.05) is 121 Å². The number of benzene rings is 12. The maximum absolute atomic E-state index is 6.63. The van der Waals surface area contributed by atoms with Gasteiger partial charge in [0.25, 0.3) is 0 Å². The van der Waals surface area contributed by atoms with Crippen LogP contribution >= 0.6 is 0 Å². The highest BCUT2D eigenvalue weighted by Crippen LogP contribution is 2.54. The molecule has 0 saturated heterocycles. The van der Waals surface area contributed by atoms with Crippen LogP contribution in [0.1, 0.15) is 49.9 Å². The van der Waals surface area contributed by atoms with Gasteiger partial charge in [0, 0.05) is 76.9 Å². The predicted octanol–water partition coefficient (Wildman–Crippen LogP) is 21.5. The highest BCUT2D eigenvalue weighted by Gasteiger charge is 2.40. The van der Waals surface area contributed by atoms with Gasteiger partial charge < -0.3 is 8.83 Å². The van der Waals surface area contributed by atoms with Crippen molar-refractivity contribution in [2.24, 2.45) is 0 Å². The summed E-state index contributed by atoms with van der Waals surface area (Å²) in [5, 5.41) is 4.54. The van der Waals surface area contributed by atoms with E-state index in [1.54, 1.807) is 0 Å². The molecule has 2 aliphatic carbocycles. The molecule has 0 fully saturated rings. The first-order valence-electron chi connectivity index (χ1n) is 31.2. The molecule has 8 heteroatoms. The molecule has 4 heterocycles. The topological polar surface area (TPSA) is 104 Å². The van der Waals surface area contributed by atoms with Crippen molar-refractivity contribution in [3.05, 3.63) is 301 Å². The number of aromatic nitrogens is 6. The van der Waals surface area contributed by atoms with E-state index < -0.39 is 0 Å². The van der Waals surface area contributed by atoms with Gasteiger partial charge in [0.15, 0.2) is 34.9 Å². The summed E-state index contributed by atoms with van der Waals surface area (Å²) >= 11 is 0. The first-order valence-corrected chi connectivity index (χ1v) is 31.2. The lowest BCUT2D eigenvalue weighted by Crippen LogP contribution is -2.15. The molecule has 2 aliphatic rings. The van der Waals surface area contributed by atoms with Crippen LogP contribution in [0.5, 0.6) is 0 Å². The number of rotatable bonds is 8. The fourth-order valence-electron chi connectivity index (χ4n) is 14.0. The summed E-state index contributed by atoms with van der Waals surface area (Å²) in [5.41, 5.74) is 24.0. The molecule has 0 unspecified atom stereocenters. The first-order chi connectivity index (χ1) is 45.1. The molecule has 8 nitrogen and oxygen atoms in total. The van der Waals surface area contributed by atoms with Crippen LogP contribution in [-0.2, 0) is 10.8 Å². The minimum absolute atomic E-state index is 0.131. The third-order valence-corrected chi connectivity index (χ3v) is 18.6. The average molecular weight is 1180 g/mol. The quantitative estimate of drug-likeness (QED) is 0.148. The summed E-state index contributed by atoms with van der Waals surface area (Å²) in [6.07, 6.45) is 0. The number of hydrogen-bond acceptors (Lipinski definition) is 8. The molecule has 0 spiro atoms. The van der Waals surface area contributed by atoms with Crippen molar-refractivity contribution in [3.63, 3.8) is 0 Å². The number of furan rings is 2. The van der Waals surface area contributed by atoms with Crippen molar-refractivity contribution in [1.29, 1.82) is 0 Å². The van der Waals surface area contributed by atoms with Gasteiger partial charge in [-0.1, -0.05) is 264 Å². The molecule has 0 N–H and O–H groups in total. The Balaban J connectivity index is 0.000000141. The summed E-state index contributed by atoms with van der Waals surface area (Å²) in [5.74, 6) is 3.90. The van der Waals surface area contributed by atoms with E-state index in [0.717, 1.165) is 99.5 Å². The van der Waals surface area contributed by atoms with Crippen molar-refractivity contribution >= 4 is 43.9 Å². The molecule has 92 heavy (non-hydrogen) atoms. The van der Waals surface area contributed by atoms with Crippen LogP contribution in [0.4, 0.5) is 0 Å². The third-order valence-electron chi connectivity index (χ3n) is 18.6. The minimum atomic E-state index is -0.141. The summed E-state index contributed by atoms with van der Waals surface area (Å²) in [6, 6.07) is 96.6. The van der Waals surface area contributed by atoms with E-state index >= 15 is 0 Å².